The maximum absolute atomic E-state index is 11.9. The fraction of sp³-hybridized carbons (Fsp3) is 0.385. The van der Waals surface area contributed by atoms with Crippen molar-refractivity contribution in [3.63, 3.8) is 0 Å². The van der Waals surface area contributed by atoms with Crippen molar-refractivity contribution in [1.82, 2.24) is 9.38 Å². The van der Waals surface area contributed by atoms with E-state index in [1.54, 1.807) is 6.20 Å². The Labute approximate surface area is 114 Å². The van der Waals surface area contributed by atoms with E-state index in [0.717, 1.165) is 5.56 Å². The Hall–Kier alpha value is -1.37. The maximum atomic E-state index is 11.9. The molecule has 0 aliphatic rings. The highest BCUT2D eigenvalue weighted by molar-refractivity contribution is 7.98. The molecule has 0 spiro atoms. The highest BCUT2D eigenvalue weighted by Gasteiger charge is 2.06. The Kier molecular flexibility index (Phi) is 4.57. The second kappa shape index (κ2) is 6.18. The number of hydrogen-bond acceptors (Lipinski definition) is 5. The van der Waals surface area contributed by atoms with Gasteiger partial charge in [-0.3, -0.25) is 9.20 Å². The number of fused-ring (bicyclic) bond motifs is 1. The summed E-state index contributed by atoms with van der Waals surface area (Å²) in [6, 6.07) is 5.23. The summed E-state index contributed by atoms with van der Waals surface area (Å²) < 4.78 is 1.52. The van der Waals surface area contributed by atoms with Gasteiger partial charge in [-0.25, -0.2) is 4.98 Å². The molecule has 2 aromatic rings. The second-order valence-electron chi connectivity index (χ2n) is 4.32. The van der Waals surface area contributed by atoms with Crippen LogP contribution in [0.3, 0.4) is 0 Å². The van der Waals surface area contributed by atoms with Crippen molar-refractivity contribution in [2.45, 2.75) is 18.8 Å². The van der Waals surface area contributed by atoms with E-state index in [2.05, 4.69) is 4.98 Å². The van der Waals surface area contributed by atoms with Gasteiger partial charge in [-0.2, -0.15) is 11.8 Å². The van der Waals surface area contributed by atoms with Crippen LogP contribution in [-0.4, -0.2) is 38.1 Å². The van der Waals surface area contributed by atoms with Crippen LogP contribution in [0.25, 0.3) is 5.65 Å². The van der Waals surface area contributed by atoms with Crippen LogP contribution in [0.1, 0.15) is 11.3 Å². The lowest BCUT2D eigenvalue weighted by molar-refractivity contribution is 0.113. The lowest BCUT2D eigenvalue weighted by Crippen LogP contribution is -2.17. The average molecular weight is 280 g/mol. The van der Waals surface area contributed by atoms with E-state index >= 15 is 0 Å². The van der Waals surface area contributed by atoms with Crippen molar-refractivity contribution < 1.29 is 10.2 Å². The molecule has 2 N–H and O–H groups in total. The molecule has 6 heteroatoms. The van der Waals surface area contributed by atoms with E-state index < -0.39 is 6.10 Å². The molecule has 0 radical (unpaired) electrons. The van der Waals surface area contributed by atoms with Crippen LogP contribution in [-0.2, 0) is 5.75 Å². The van der Waals surface area contributed by atoms with Crippen molar-refractivity contribution in [1.29, 1.82) is 0 Å². The molecular formula is C13H16N2O3S. The zero-order valence-electron chi connectivity index (χ0n) is 10.6. The van der Waals surface area contributed by atoms with Gasteiger partial charge in [0.25, 0.3) is 5.56 Å². The Morgan fingerprint density at radius 3 is 3.05 bits per heavy atom. The lowest BCUT2D eigenvalue weighted by atomic mass is 10.3. The van der Waals surface area contributed by atoms with E-state index in [4.69, 9.17) is 5.11 Å². The number of hydrogen-bond donors (Lipinski definition) is 2. The third-order valence-corrected chi connectivity index (χ3v) is 3.83. The molecule has 102 valence electrons. The van der Waals surface area contributed by atoms with Gasteiger partial charge in [0.05, 0.1) is 18.4 Å². The van der Waals surface area contributed by atoms with Gasteiger partial charge in [-0.05, 0) is 18.6 Å². The summed E-state index contributed by atoms with van der Waals surface area (Å²) in [5.74, 6) is 0.961. The first-order valence-corrected chi connectivity index (χ1v) is 7.12. The quantitative estimate of drug-likeness (QED) is 0.838. The number of aryl methyl sites for hydroxylation is 1. The Morgan fingerprint density at radius 2 is 2.32 bits per heavy atom. The number of aromatic nitrogens is 2. The van der Waals surface area contributed by atoms with Crippen molar-refractivity contribution in [3.8, 4) is 0 Å². The van der Waals surface area contributed by atoms with Crippen molar-refractivity contribution in [2.75, 3.05) is 12.4 Å². The van der Waals surface area contributed by atoms with Crippen molar-refractivity contribution >= 4 is 17.4 Å². The molecule has 0 bridgehead atoms. The third kappa shape index (κ3) is 3.34. The molecular weight excluding hydrogens is 264 g/mol. The fourth-order valence-corrected chi connectivity index (χ4v) is 2.59. The Morgan fingerprint density at radius 1 is 1.53 bits per heavy atom. The summed E-state index contributed by atoms with van der Waals surface area (Å²) in [4.78, 5) is 16.4. The third-order valence-electron chi connectivity index (χ3n) is 2.71. The monoisotopic (exact) mass is 280 g/mol. The van der Waals surface area contributed by atoms with Crippen LogP contribution in [0.5, 0.6) is 0 Å². The SMILES string of the molecule is Cc1cccn2c(=O)cc(CSCC(O)CO)nc12. The summed E-state index contributed by atoms with van der Waals surface area (Å²) in [6.07, 6.45) is 0.970. The summed E-state index contributed by atoms with van der Waals surface area (Å²) in [7, 11) is 0. The van der Waals surface area contributed by atoms with Gasteiger partial charge in [0, 0.05) is 23.8 Å². The predicted octanol–water partition coefficient (Wildman–Crippen LogP) is 0.589. The highest BCUT2D eigenvalue weighted by atomic mass is 32.2. The summed E-state index contributed by atoms with van der Waals surface area (Å²) in [5, 5.41) is 18.0. The van der Waals surface area contributed by atoms with Crippen LogP contribution < -0.4 is 5.56 Å². The molecule has 0 aromatic carbocycles. The molecule has 2 rings (SSSR count). The minimum atomic E-state index is -0.728. The Balaban J connectivity index is 2.21. The smallest absolute Gasteiger partial charge is 0.258 e. The van der Waals surface area contributed by atoms with Crippen LogP contribution >= 0.6 is 11.8 Å². The zero-order valence-corrected chi connectivity index (χ0v) is 11.4. The first-order valence-electron chi connectivity index (χ1n) is 5.96. The molecule has 0 fully saturated rings. The highest BCUT2D eigenvalue weighted by Crippen LogP contribution is 2.12. The minimum Gasteiger partial charge on any atom is -0.394 e. The number of thioether (sulfide) groups is 1. The topological polar surface area (TPSA) is 74.8 Å². The van der Waals surface area contributed by atoms with Crippen molar-refractivity contribution in [3.05, 3.63) is 46.0 Å². The lowest BCUT2D eigenvalue weighted by Gasteiger charge is -2.08. The van der Waals surface area contributed by atoms with Gasteiger partial charge in [0.1, 0.15) is 5.65 Å². The number of aliphatic hydroxyl groups excluding tert-OH is 2. The predicted molar refractivity (Wildman–Crippen MR) is 75.5 cm³/mol. The molecule has 5 nitrogen and oxygen atoms in total. The molecule has 2 aromatic heterocycles. The van der Waals surface area contributed by atoms with E-state index in [-0.39, 0.29) is 12.2 Å². The van der Waals surface area contributed by atoms with Gasteiger partial charge in [0.2, 0.25) is 0 Å². The van der Waals surface area contributed by atoms with Gasteiger partial charge < -0.3 is 10.2 Å². The number of pyridine rings is 1. The molecule has 19 heavy (non-hydrogen) atoms. The standard InChI is InChI=1S/C13H16N2O3S/c1-9-3-2-4-15-12(18)5-10(14-13(9)15)7-19-8-11(17)6-16/h2-5,11,16-17H,6-8H2,1H3. The minimum absolute atomic E-state index is 0.105. The Bertz CT molecular complexity index is 627. The molecule has 0 aliphatic carbocycles. The van der Waals surface area contributed by atoms with Gasteiger partial charge >= 0.3 is 0 Å². The van der Waals surface area contributed by atoms with E-state index in [1.165, 1.54) is 22.2 Å². The van der Waals surface area contributed by atoms with Gasteiger partial charge in [-0.15, -0.1) is 0 Å². The van der Waals surface area contributed by atoms with Crippen LogP contribution in [0.15, 0.2) is 29.2 Å². The molecule has 1 unspecified atom stereocenters. The maximum Gasteiger partial charge on any atom is 0.258 e. The molecule has 1 atom stereocenters. The molecule has 0 saturated carbocycles. The zero-order chi connectivity index (χ0) is 13.8. The van der Waals surface area contributed by atoms with E-state index in [9.17, 15) is 9.90 Å². The molecule has 0 amide bonds. The molecule has 0 saturated heterocycles. The molecule has 2 heterocycles. The van der Waals surface area contributed by atoms with Crippen LogP contribution in [0, 0.1) is 6.92 Å². The largest absolute Gasteiger partial charge is 0.394 e. The second-order valence-corrected chi connectivity index (χ2v) is 5.35. The normalized spacial score (nSPS) is 12.8. The first kappa shape index (κ1) is 14.0. The summed E-state index contributed by atoms with van der Waals surface area (Å²) >= 11 is 1.44. The summed E-state index contributed by atoms with van der Waals surface area (Å²) in [5.41, 5.74) is 2.19. The first-order chi connectivity index (χ1) is 9.11. The van der Waals surface area contributed by atoms with Crippen LogP contribution in [0.4, 0.5) is 0 Å². The average Bonchev–Trinajstić information content (AvgIpc) is 2.40. The van der Waals surface area contributed by atoms with Crippen LogP contribution in [0.2, 0.25) is 0 Å². The fourth-order valence-electron chi connectivity index (χ4n) is 1.74. The van der Waals surface area contributed by atoms with E-state index in [0.29, 0.717) is 22.8 Å². The number of nitrogens with zero attached hydrogens (tertiary/aromatic N) is 2. The summed E-state index contributed by atoms with van der Waals surface area (Å²) in [6.45, 7) is 1.66. The number of aliphatic hydroxyl groups is 2. The van der Waals surface area contributed by atoms with Crippen molar-refractivity contribution in [2.24, 2.45) is 0 Å². The van der Waals surface area contributed by atoms with Gasteiger partial charge in [0.15, 0.2) is 0 Å². The van der Waals surface area contributed by atoms with E-state index in [1.807, 2.05) is 19.1 Å². The molecule has 0 aliphatic heterocycles. The number of rotatable bonds is 5. The van der Waals surface area contributed by atoms with Gasteiger partial charge in [-0.1, -0.05) is 6.07 Å².